The number of carbonyl (C=O) groups excluding carboxylic acids is 1. The molecular formula is C22H34N2O3. The molecule has 2 heterocycles. The summed E-state index contributed by atoms with van der Waals surface area (Å²) in [5.74, 6) is 2.27. The Bertz CT molecular complexity index is 591. The van der Waals surface area contributed by atoms with E-state index in [4.69, 9.17) is 9.47 Å². The Morgan fingerprint density at radius 2 is 1.93 bits per heavy atom. The number of benzene rings is 1. The number of nitrogens with one attached hydrogen (secondary N) is 1. The zero-order chi connectivity index (χ0) is 19.1. The molecular weight excluding hydrogens is 340 g/mol. The molecule has 2 aliphatic rings. The van der Waals surface area contributed by atoms with Gasteiger partial charge in [-0.25, -0.2) is 4.79 Å². The first-order valence-electron chi connectivity index (χ1n) is 10.5. The van der Waals surface area contributed by atoms with Crippen LogP contribution < -0.4 is 10.1 Å². The third kappa shape index (κ3) is 6.13. The van der Waals surface area contributed by atoms with E-state index in [0.717, 1.165) is 57.8 Å². The first kappa shape index (κ1) is 20.0. The van der Waals surface area contributed by atoms with Crippen LogP contribution in [-0.2, 0) is 4.74 Å². The summed E-state index contributed by atoms with van der Waals surface area (Å²) < 4.78 is 11.3. The minimum atomic E-state index is -0.172. The van der Waals surface area contributed by atoms with Gasteiger partial charge in [0.25, 0.3) is 0 Å². The number of hydrogen-bond donors (Lipinski definition) is 1. The zero-order valence-electron chi connectivity index (χ0n) is 16.8. The highest BCUT2D eigenvalue weighted by Crippen LogP contribution is 2.28. The summed E-state index contributed by atoms with van der Waals surface area (Å²) in [4.78, 5) is 13.8. The molecule has 0 saturated carbocycles. The highest BCUT2D eigenvalue weighted by molar-refractivity contribution is 5.67. The third-order valence-corrected chi connectivity index (χ3v) is 5.67. The maximum Gasteiger partial charge on any atom is 0.410 e. The Hall–Kier alpha value is -1.75. The molecule has 27 heavy (non-hydrogen) atoms. The molecule has 1 amide bonds. The van der Waals surface area contributed by atoms with Crippen molar-refractivity contribution in [2.45, 2.75) is 58.0 Å². The predicted molar refractivity (Wildman–Crippen MR) is 107 cm³/mol. The molecule has 0 atom stereocenters. The summed E-state index contributed by atoms with van der Waals surface area (Å²) in [6.45, 7) is 8.34. The van der Waals surface area contributed by atoms with E-state index in [9.17, 15) is 4.79 Å². The summed E-state index contributed by atoms with van der Waals surface area (Å²) in [7, 11) is 0. The summed E-state index contributed by atoms with van der Waals surface area (Å²) >= 11 is 0. The SMILES string of the molecule is CC(C)OC(=O)N1CCC(CCOc2cccc(C3CCNCC3)c2)CC1. The first-order valence-corrected chi connectivity index (χ1v) is 10.5. The second-order valence-electron chi connectivity index (χ2n) is 8.10. The van der Waals surface area contributed by atoms with Crippen molar-refractivity contribution in [2.75, 3.05) is 32.8 Å². The predicted octanol–water partition coefficient (Wildman–Crippen LogP) is 4.18. The van der Waals surface area contributed by atoms with Gasteiger partial charge in [-0.05, 0) is 88.6 Å². The smallest absolute Gasteiger partial charge is 0.410 e. The second kappa shape index (κ2) is 9.98. The summed E-state index contributed by atoms with van der Waals surface area (Å²) in [6.07, 6.45) is 5.31. The van der Waals surface area contributed by atoms with Crippen LogP contribution in [-0.4, -0.2) is 49.9 Å². The highest BCUT2D eigenvalue weighted by atomic mass is 16.6. The molecule has 0 bridgehead atoms. The van der Waals surface area contributed by atoms with E-state index in [0.29, 0.717) is 11.8 Å². The average molecular weight is 375 g/mol. The number of rotatable bonds is 6. The number of carbonyl (C=O) groups is 1. The fourth-order valence-electron chi connectivity index (χ4n) is 4.04. The van der Waals surface area contributed by atoms with Crippen molar-refractivity contribution in [1.82, 2.24) is 10.2 Å². The van der Waals surface area contributed by atoms with Gasteiger partial charge in [0.15, 0.2) is 0 Å². The Kier molecular flexibility index (Phi) is 7.39. The van der Waals surface area contributed by atoms with Crippen molar-refractivity contribution >= 4 is 6.09 Å². The van der Waals surface area contributed by atoms with Crippen molar-refractivity contribution in [3.63, 3.8) is 0 Å². The van der Waals surface area contributed by atoms with Gasteiger partial charge >= 0.3 is 6.09 Å². The van der Waals surface area contributed by atoms with Crippen LogP contribution in [0.3, 0.4) is 0 Å². The Morgan fingerprint density at radius 3 is 2.63 bits per heavy atom. The van der Waals surface area contributed by atoms with Gasteiger partial charge in [-0.15, -0.1) is 0 Å². The summed E-state index contributed by atoms with van der Waals surface area (Å²) in [5.41, 5.74) is 1.41. The molecule has 1 aromatic rings. The van der Waals surface area contributed by atoms with Crippen molar-refractivity contribution < 1.29 is 14.3 Å². The fourth-order valence-corrected chi connectivity index (χ4v) is 4.04. The van der Waals surface area contributed by atoms with Crippen LogP contribution in [0.2, 0.25) is 0 Å². The molecule has 0 spiro atoms. The van der Waals surface area contributed by atoms with Gasteiger partial charge in [0.2, 0.25) is 0 Å². The lowest BCUT2D eigenvalue weighted by atomic mass is 9.90. The first-order chi connectivity index (χ1) is 13.1. The second-order valence-corrected chi connectivity index (χ2v) is 8.10. The molecule has 0 aliphatic carbocycles. The molecule has 3 rings (SSSR count). The van der Waals surface area contributed by atoms with E-state index in [1.54, 1.807) is 0 Å². The van der Waals surface area contributed by atoms with Crippen LogP contribution in [0.15, 0.2) is 24.3 Å². The van der Waals surface area contributed by atoms with Crippen molar-refractivity contribution in [2.24, 2.45) is 5.92 Å². The van der Waals surface area contributed by atoms with Gasteiger partial charge in [0.1, 0.15) is 5.75 Å². The number of nitrogens with zero attached hydrogens (tertiary/aromatic N) is 1. The summed E-state index contributed by atoms with van der Waals surface area (Å²) in [6, 6.07) is 8.63. The van der Waals surface area contributed by atoms with Crippen LogP contribution in [0, 0.1) is 5.92 Å². The minimum Gasteiger partial charge on any atom is -0.494 e. The topological polar surface area (TPSA) is 50.8 Å². The Balaban J connectivity index is 1.38. The van der Waals surface area contributed by atoms with E-state index < -0.39 is 0 Å². The average Bonchev–Trinajstić information content (AvgIpc) is 2.69. The molecule has 0 unspecified atom stereocenters. The molecule has 2 saturated heterocycles. The standard InChI is InChI=1S/C22H34N2O3/c1-17(2)27-22(25)24-13-8-18(9-14-24)10-15-26-21-5-3-4-20(16-21)19-6-11-23-12-7-19/h3-5,16-19,23H,6-15H2,1-2H3. The van der Waals surface area contributed by atoms with Crippen LogP contribution in [0.4, 0.5) is 4.79 Å². The monoisotopic (exact) mass is 374 g/mol. The van der Waals surface area contributed by atoms with Gasteiger partial charge in [-0.1, -0.05) is 12.1 Å². The van der Waals surface area contributed by atoms with Crippen LogP contribution in [0.5, 0.6) is 5.75 Å². The molecule has 0 aromatic heterocycles. The maximum atomic E-state index is 12.0. The quantitative estimate of drug-likeness (QED) is 0.812. The molecule has 5 heteroatoms. The van der Waals surface area contributed by atoms with Crippen LogP contribution in [0.1, 0.15) is 57.4 Å². The van der Waals surface area contributed by atoms with Crippen molar-refractivity contribution in [1.29, 1.82) is 0 Å². The van der Waals surface area contributed by atoms with Gasteiger partial charge in [0.05, 0.1) is 12.7 Å². The normalized spacial score (nSPS) is 19.3. The van der Waals surface area contributed by atoms with E-state index in [-0.39, 0.29) is 12.2 Å². The van der Waals surface area contributed by atoms with Gasteiger partial charge in [-0.2, -0.15) is 0 Å². The number of piperidine rings is 2. The molecule has 2 fully saturated rings. The molecule has 150 valence electrons. The van der Waals surface area contributed by atoms with E-state index >= 15 is 0 Å². The van der Waals surface area contributed by atoms with E-state index in [1.165, 1.54) is 18.4 Å². The van der Waals surface area contributed by atoms with Crippen LogP contribution in [0.25, 0.3) is 0 Å². The third-order valence-electron chi connectivity index (χ3n) is 5.67. The highest BCUT2D eigenvalue weighted by Gasteiger charge is 2.24. The molecule has 1 N–H and O–H groups in total. The summed E-state index contributed by atoms with van der Waals surface area (Å²) in [5, 5.41) is 3.43. The van der Waals surface area contributed by atoms with E-state index in [1.807, 2.05) is 18.7 Å². The van der Waals surface area contributed by atoms with Crippen molar-refractivity contribution in [3.05, 3.63) is 29.8 Å². The van der Waals surface area contributed by atoms with Crippen molar-refractivity contribution in [3.8, 4) is 5.75 Å². The maximum absolute atomic E-state index is 12.0. The lowest BCUT2D eigenvalue weighted by Gasteiger charge is -2.31. The molecule has 5 nitrogen and oxygen atoms in total. The van der Waals surface area contributed by atoms with E-state index in [2.05, 4.69) is 29.6 Å². The van der Waals surface area contributed by atoms with Gasteiger partial charge in [0, 0.05) is 13.1 Å². The van der Waals surface area contributed by atoms with Crippen LogP contribution >= 0.6 is 0 Å². The number of amides is 1. The minimum absolute atomic E-state index is 0.0516. The lowest BCUT2D eigenvalue weighted by molar-refractivity contribution is 0.0637. The number of hydrogen-bond acceptors (Lipinski definition) is 4. The largest absolute Gasteiger partial charge is 0.494 e. The molecule has 1 aromatic carbocycles. The Morgan fingerprint density at radius 1 is 1.19 bits per heavy atom. The fraction of sp³-hybridized carbons (Fsp3) is 0.682. The molecule has 0 radical (unpaired) electrons. The van der Waals surface area contributed by atoms with Gasteiger partial charge in [-0.3, -0.25) is 0 Å². The Labute approximate surface area is 163 Å². The number of ether oxygens (including phenoxy) is 2. The lowest BCUT2D eigenvalue weighted by Crippen LogP contribution is -2.39. The van der Waals surface area contributed by atoms with Gasteiger partial charge < -0.3 is 19.7 Å². The molecule has 2 aliphatic heterocycles. The zero-order valence-corrected chi connectivity index (χ0v) is 16.8. The number of likely N-dealkylation sites (tertiary alicyclic amines) is 1.